The third-order valence-electron chi connectivity index (χ3n) is 1.89. The van der Waals surface area contributed by atoms with Crippen LogP contribution in [0.2, 0.25) is 0 Å². The quantitative estimate of drug-likeness (QED) is 0.909. The Labute approximate surface area is 101 Å². The topological polar surface area (TPSA) is 50.2 Å². The summed E-state index contributed by atoms with van der Waals surface area (Å²) in [5.74, 6) is -0.881. The summed E-state index contributed by atoms with van der Waals surface area (Å²) >= 11 is 2.70. The predicted octanol–water partition coefficient (Wildman–Crippen LogP) is 3.30. The number of hydrogen-bond acceptors (Lipinski definition) is 4. The van der Waals surface area contributed by atoms with Crippen LogP contribution in [-0.4, -0.2) is 16.1 Å². The molecule has 0 atom stereocenters. The van der Waals surface area contributed by atoms with Crippen LogP contribution in [0.5, 0.6) is 0 Å². The molecule has 3 nitrogen and oxygen atoms in total. The van der Waals surface area contributed by atoms with Gasteiger partial charge < -0.3 is 5.11 Å². The Morgan fingerprint density at radius 3 is 2.88 bits per heavy atom. The molecule has 2 aromatic heterocycles. The van der Waals surface area contributed by atoms with Crippen molar-refractivity contribution in [2.75, 3.05) is 0 Å². The van der Waals surface area contributed by atoms with Crippen LogP contribution in [0.4, 0.5) is 0 Å². The molecular formula is C11H9NO2S2. The summed E-state index contributed by atoms with van der Waals surface area (Å²) in [6.07, 6.45) is 1.80. The van der Waals surface area contributed by atoms with E-state index in [1.54, 1.807) is 12.3 Å². The molecule has 0 bridgehead atoms. The molecule has 0 saturated heterocycles. The van der Waals surface area contributed by atoms with Crippen LogP contribution in [0.1, 0.15) is 15.2 Å². The number of carboxylic acids is 1. The maximum absolute atomic E-state index is 10.7. The average molecular weight is 251 g/mol. The van der Waals surface area contributed by atoms with Crippen molar-refractivity contribution < 1.29 is 9.90 Å². The van der Waals surface area contributed by atoms with Crippen molar-refractivity contribution in [2.24, 2.45) is 0 Å². The Kier molecular flexibility index (Phi) is 3.26. The molecule has 2 heterocycles. The van der Waals surface area contributed by atoms with Gasteiger partial charge in [-0.05, 0) is 24.6 Å². The summed E-state index contributed by atoms with van der Waals surface area (Å²) < 4.78 is 0. The fraction of sp³-hybridized carbons (Fsp3) is 0.0909. The molecule has 0 radical (unpaired) electrons. The molecule has 0 saturated carbocycles. The number of aromatic carboxylic acids is 1. The smallest absolute Gasteiger partial charge is 0.345 e. The number of aryl methyl sites for hydroxylation is 1. The highest BCUT2D eigenvalue weighted by atomic mass is 32.2. The van der Waals surface area contributed by atoms with E-state index < -0.39 is 5.97 Å². The molecule has 0 aliphatic rings. The van der Waals surface area contributed by atoms with Crippen LogP contribution >= 0.6 is 23.1 Å². The molecule has 0 spiro atoms. The van der Waals surface area contributed by atoms with Gasteiger partial charge in [0.2, 0.25) is 0 Å². The SMILES string of the molecule is Cc1ccc(Sc2csc(C(=O)O)c2)nc1. The lowest BCUT2D eigenvalue weighted by molar-refractivity contribution is 0.0702. The maximum atomic E-state index is 10.7. The van der Waals surface area contributed by atoms with Crippen molar-refractivity contribution in [3.05, 3.63) is 40.2 Å². The molecular weight excluding hydrogens is 242 g/mol. The van der Waals surface area contributed by atoms with Crippen molar-refractivity contribution in [1.82, 2.24) is 4.98 Å². The first-order valence-electron chi connectivity index (χ1n) is 4.57. The van der Waals surface area contributed by atoms with Crippen LogP contribution in [0.25, 0.3) is 0 Å². The van der Waals surface area contributed by atoms with E-state index in [1.165, 1.54) is 23.1 Å². The highest BCUT2D eigenvalue weighted by Gasteiger charge is 2.07. The van der Waals surface area contributed by atoms with Gasteiger partial charge in [-0.15, -0.1) is 11.3 Å². The van der Waals surface area contributed by atoms with Crippen LogP contribution in [0.15, 0.2) is 39.7 Å². The lowest BCUT2D eigenvalue weighted by Gasteiger charge is -1.97. The largest absolute Gasteiger partial charge is 0.477 e. The van der Waals surface area contributed by atoms with Crippen LogP contribution in [0, 0.1) is 6.92 Å². The first-order chi connectivity index (χ1) is 7.65. The standard InChI is InChI=1S/C11H9NO2S2/c1-7-2-3-10(12-5-7)16-8-4-9(11(13)14)15-6-8/h2-6H,1H3,(H,13,14). The number of nitrogens with zero attached hydrogens (tertiary/aromatic N) is 1. The van der Waals surface area contributed by atoms with Crippen molar-refractivity contribution in [2.45, 2.75) is 16.8 Å². The van der Waals surface area contributed by atoms with Gasteiger partial charge in [-0.25, -0.2) is 9.78 Å². The molecule has 0 amide bonds. The molecule has 0 fully saturated rings. The summed E-state index contributed by atoms with van der Waals surface area (Å²) in [7, 11) is 0. The van der Waals surface area contributed by atoms with Crippen molar-refractivity contribution in [3.8, 4) is 0 Å². The van der Waals surface area contributed by atoms with E-state index >= 15 is 0 Å². The highest BCUT2D eigenvalue weighted by Crippen LogP contribution is 2.30. The number of aromatic nitrogens is 1. The molecule has 1 N–H and O–H groups in total. The van der Waals surface area contributed by atoms with E-state index in [9.17, 15) is 4.79 Å². The number of pyridine rings is 1. The Morgan fingerprint density at radius 1 is 1.50 bits per heavy atom. The molecule has 0 aromatic carbocycles. The van der Waals surface area contributed by atoms with Crippen molar-refractivity contribution in [3.63, 3.8) is 0 Å². The molecule has 5 heteroatoms. The van der Waals surface area contributed by atoms with E-state index in [2.05, 4.69) is 4.98 Å². The van der Waals surface area contributed by atoms with Gasteiger partial charge in [0.1, 0.15) is 9.90 Å². The zero-order chi connectivity index (χ0) is 11.5. The third-order valence-corrected chi connectivity index (χ3v) is 3.88. The number of hydrogen-bond donors (Lipinski definition) is 1. The minimum absolute atomic E-state index is 0.356. The zero-order valence-corrected chi connectivity index (χ0v) is 10.1. The van der Waals surface area contributed by atoms with Crippen molar-refractivity contribution >= 4 is 29.1 Å². The van der Waals surface area contributed by atoms with Gasteiger partial charge >= 0.3 is 5.97 Å². The Morgan fingerprint density at radius 2 is 2.31 bits per heavy atom. The summed E-state index contributed by atoms with van der Waals surface area (Å²) in [6, 6.07) is 5.58. The van der Waals surface area contributed by atoms with Gasteiger partial charge in [-0.3, -0.25) is 0 Å². The molecule has 82 valence electrons. The first-order valence-corrected chi connectivity index (χ1v) is 6.27. The highest BCUT2D eigenvalue weighted by molar-refractivity contribution is 7.99. The number of thiophene rings is 1. The van der Waals surface area contributed by atoms with E-state index in [0.29, 0.717) is 4.88 Å². The number of rotatable bonds is 3. The van der Waals surface area contributed by atoms with Crippen LogP contribution in [0.3, 0.4) is 0 Å². The fourth-order valence-electron chi connectivity index (χ4n) is 1.12. The normalized spacial score (nSPS) is 10.3. The Hall–Kier alpha value is -1.33. The van der Waals surface area contributed by atoms with Crippen molar-refractivity contribution in [1.29, 1.82) is 0 Å². The van der Waals surface area contributed by atoms with Gasteiger partial charge in [0.05, 0.1) is 0 Å². The predicted molar refractivity (Wildman–Crippen MR) is 64.4 cm³/mol. The maximum Gasteiger partial charge on any atom is 0.345 e. The number of carboxylic acid groups (broad SMARTS) is 1. The van der Waals surface area contributed by atoms with Crippen LogP contribution < -0.4 is 0 Å². The second-order valence-corrected chi connectivity index (χ2v) is 5.23. The first kappa shape index (κ1) is 11.2. The lowest BCUT2D eigenvalue weighted by atomic mass is 10.3. The van der Waals surface area contributed by atoms with E-state index in [-0.39, 0.29) is 0 Å². The summed E-state index contributed by atoms with van der Waals surface area (Å²) in [4.78, 5) is 16.2. The minimum atomic E-state index is -0.881. The second-order valence-electron chi connectivity index (χ2n) is 3.23. The second kappa shape index (κ2) is 4.67. The van der Waals surface area contributed by atoms with Crippen LogP contribution in [-0.2, 0) is 0 Å². The summed E-state index contributed by atoms with van der Waals surface area (Å²) in [5, 5.41) is 11.5. The Balaban J connectivity index is 2.14. The molecule has 16 heavy (non-hydrogen) atoms. The molecule has 0 aliphatic heterocycles. The third kappa shape index (κ3) is 2.62. The summed E-state index contributed by atoms with van der Waals surface area (Å²) in [5.41, 5.74) is 1.11. The summed E-state index contributed by atoms with van der Waals surface area (Å²) in [6.45, 7) is 1.98. The molecule has 0 unspecified atom stereocenters. The molecule has 2 aromatic rings. The van der Waals surface area contributed by atoms with E-state index in [4.69, 9.17) is 5.11 Å². The lowest BCUT2D eigenvalue weighted by Crippen LogP contribution is -1.89. The van der Waals surface area contributed by atoms with Gasteiger partial charge in [0.25, 0.3) is 0 Å². The van der Waals surface area contributed by atoms with Gasteiger partial charge in [-0.1, -0.05) is 17.8 Å². The zero-order valence-electron chi connectivity index (χ0n) is 8.51. The van der Waals surface area contributed by atoms with Gasteiger partial charge in [0, 0.05) is 16.5 Å². The monoisotopic (exact) mass is 251 g/mol. The molecule has 2 rings (SSSR count). The van der Waals surface area contributed by atoms with E-state index in [0.717, 1.165) is 15.5 Å². The average Bonchev–Trinajstić information content (AvgIpc) is 2.70. The molecule has 0 aliphatic carbocycles. The Bertz CT molecular complexity index is 505. The van der Waals surface area contributed by atoms with E-state index in [1.807, 2.05) is 24.4 Å². The van der Waals surface area contributed by atoms with Gasteiger partial charge in [-0.2, -0.15) is 0 Å². The minimum Gasteiger partial charge on any atom is -0.477 e. The van der Waals surface area contributed by atoms with Gasteiger partial charge in [0.15, 0.2) is 0 Å². The fourth-order valence-corrected chi connectivity index (χ4v) is 2.80. The number of carbonyl (C=O) groups is 1.